The van der Waals surface area contributed by atoms with E-state index in [-0.39, 0.29) is 29.2 Å². The van der Waals surface area contributed by atoms with Gasteiger partial charge in [0, 0.05) is 55.6 Å². The molecule has 0 bridgehead atoms. The Morgan fingerprint density at radius 3 is 2.47 bits per heavy atom. The van der Waals surface area contributed by atoms with Crippen molar-refractivity contribution in [2.75, 3.05) is 19.6 Å². The largest absolute Gasteiger partial charge is 0.342 e. The standard InChI is InChI=1S/C24H31N5O3/c30-22(15-4-1-2-5-15)27-10-3-6-17(13-27)20-12-21-25-19-9-11-28(23(31)16-7-8-16)14-18(19)24(32)29(21)26-20/h12,15-17,26H,1-11,13-14H2/t17-/m1/s1. The lowest BCUT2D eigenvalue weighted by atomic mass is 9.93. The van der Waals surface area contributed by atoms with Crippen LogP contribution in [-0.4, -0.2) is 55.8 Å². The highest BCUT2D eigenvalue weighted by atomic mass is 16.2. The maximum absolute atomic E-state index is 13.3. The van der Waals surface area contributed by atoms with E-state index in [1.165, 1.54) is 17.4 Å². The molecule has 2 amide bonds. The molecule has 32 heavy (non-hydrogen) atoms. The third kappa shape index (κ3) is 3.44. The zero-order chi connectivity index (χ0) is 21.8. The zero-order valence-corrected chi connectivity index (χ0v) is 18.5. The number of hydrogen-bond donors (Lipinski definition) is 1. The van der Waals surface area contributed by atoms with E-state index < -0.39 is 0 Å². The number of aromatic nitrogens is 3. The van der Waals surface area contributed by atoms with Gasteiger partial charge in [-0.1, -0.05) is 12.8 Å². The second-order valence-corrected chi connectivity index (χ2v) is 10.1. The molecule has 8 nitrogen and oxygen atoms in total. The average molecular weight is 438 g/mol. The van der Waals surface area contributed by atoms with Crippen molar-refractivity contribution in [2.45, 2.75) is 70.3 Å². The fourth-order valence-electron chi connectivity index (χ4n) is 5.85. The van der Waals surface area contributed by atoms with Gasteiger partial charge in [-0.15, -0.1) is 0 Å². The summed E-state index contributed by atoms with van der Waals surface area (Å²) in [4.78, 5) is 47.3. The highest BCUT2D eigenvalue weighted by Crippen LogP contribution is 2.33. The summed E-state index contributed by atoms with van der Waals surface area (Å²) in [6, 6.07) is 1.98. The van der Waals surface area contributed by atoms with E-state index in [0.717, 1.165) is 56.5 Å². The number of amides is 2. The number of piperidine rings is 1. The van der Waals surface area contributed by atoms with Gasteiger partial charge < -0.3 is 9.80 Å². The Morgan fingerprint density at radius 2 is 1.69 bits per heavy atom. The van der Waals surface area contributed by atoms with Crippen LogP contribution in [0.5, 0.6) is 0 Å². The highest BCUT2D eigenvalue weighted by molar-refractivity contribution is 5.81. The maximum atomic E-state index is 13.3. The predicted octanol–water partition coefficient (Wildman–Crippen LogP) is 2.21. The van der Waals surface area contributed by atoms with Crippen LogP contribution in [0.15, 0.2) is 10.9 Å². The first-order chi connectivity index (χ1) is 15.6. The first-order valence-electron chi connectivity index (χ1n) is 12.3. The summed E-state index contributed by atoms with van der Waals surface area (Å²) in [5.41, 5.74) is 2.98. The maximum Gasteiger partial charge on any atom is 0.277 e. The Kier molecular flexibility index (Phi) is 4.84. The molecule has 1 atom stereocenters. The van der Waals surface area contributed by atoms with Crippen LogP contribution >= 0.6 is 0 Å². The van der Waals surface area contributed by atoms with Crippen molar-refractivity contribution >= 4 is 17.5 Å². The summed E-state index contributed by atoms with van der Waals surface area (Å²) in [6.07, 6.45) is 8.94. The molecule has 1 saturated heterocycles. The molecule has 2 aliphatic heterocycles. The van der Waals surface area contributed by atoms with Gasteiger partial charge in [0.1, 0.15) is 0 Å². The Morgan fingerprint density at radius 1 is 0.938 bits per heavy atom. The molecule has 4 heterocycles. The van der Waals surface area contributed by atoms with Crippen molar-refractivity contribution in [3.05, 3.63) is 33.4 Å². The molecule has 2 aromatic rings. The molecule has 0 radical (unpaired) electrons. The molecule has 0 unspecified atom stereocenters. The van der Waals surface area contributed by atoms with E-state index in [0.29, 0.717) is 43.2 Å². The van der Waals surface area contributed by atoms with Gasteiger partial charge >= 0.3 is 0 Å². The number of rotatable bonds is 3. The normalized spacial score (nSPS) is 24.2. The predicted molar refractivity (Wildman–Crippen MR) is 118 cm³/mol. The molecule has 2 aromatic heterocycles. The van der Waals surface area contributed by atoms with Gasteiger partial charge in [-0.05, 0) is 38.5 Å². The minimum atomic E-state index is -0.0979. The van der Waals surface area contributed by atoms with Gasteiger partial charge in [-0.25, -0.2) is 9.50 Å². The van der Waals surface area contributed by atoms with Crippen molar-refractivity contribution in [3.8, 4) is 0 Å². The first-order valence-corrected chi connectivity index (χ1v) is 12.3. The van der Waals surface area contributed by atoms with Crippen molar-refractivity contribution in [1.29, 1.82) is 0 Å². The number of fused-ring (bicyclic) bond motifs is 2. The number of aromatic amines is 1. The molecule has 6 rings (SSSR count). The fraction of sp³-hybridized carbons (Fsp3) is 0.667. The van der Waals surface area contributed by atoms with Crippen LogP contribution in [0.25, 0.3) is 5.65 Å². The lowest BCUT2D eigenvalue weighted by molar-refractivity contribution is -0.136. The van der Waals surface area contributed by atoms with E-state index in [4.69, 9.17) is 4.98 Å². The molecule has 0 spiro atoms. The van der Waals surface area contributed by atoms with Crippen LogP contribution in [0, 0.1) is 11.8 Å². The summed E-state index contributed by atoms with van der Waals surface area (Å²) in [6.45, 7) is 2.55. The third-order valence-electron chi connectivity index (χ3n) is 7.90. The molecule has 1 N–H and O–H groups in total. The van der Waals surface area contributed by atoms with E-state index in [1.54, 1.807) is 0 Å². The van der Waals surface area contributed by atoms with Gasteiger partial charge in [0.2, 0.25) is 11.8 Å². The van der Waals surface area contributed by atoms with Crippen LogP contribution in [0.4, 0.5) is 0 Å². The lowest BCUT2D eigenvalue weighted by Crippen LogP contribution is -2.42. The number of carbonyl (C=O) groups excluding carboxylic acids is 2. The fourth-order valence-corrected chi connectivity index (χ4v) is 5.85. The van der Waals surface area contributed by atoms with Gasteiger partial charge in [0.15, 0.2) is 5.65 Å². The highest BCUT2D eigenvalue weighted by Gasteiger charge is 2.36. The Bertz CT molecular complexity index is 1120. The number of nitrogens with one attached hydrogen (secondary N) is 1. The zero-order valence-electron chi connectivity index (χ0n) is 18.5. The summed E-state index contributed by atoms with van der Waals surface area (Å²) in [5, 5.41) is 3.29. The number of nitrogens with zero attached hydrogens (tertiary/aromatic N) is 4. The minimum Gasteiger partial charge on any atom is -0.342 e. The van der Waals surface area contributed by atoms with Crippen molar-refractivity contribution in [3.63, 3.8) is 0 Å². The van der Waals surface area contributed by atoms with Crippen molar-refractivity contribution in [1.82, 2.24) is 24.4 Å². The SMILES string of the molecule is O=C(C1CC1)N1CCc2nc3cc([C@@H]4CCCN(C(=O)C5CCCC5)C4)[nH]n3c(=O)c2C1. The van der Waals surface area contributed by atoms with Crippen LogP contribution in [0.2, 0.25) is 0 Å². The number of carbonyl (C=O) groups is 2. The second kappa shape index (κ2) is 7.74. The van der Waals surface area contributed by atoms with Crippen molar-refractivity contribution < 1.29 is 9.59 Å². The summed E-state index contributed by atoms with van der Waals surface area (Å²) < 4.78 is 1.54. The molecular formula is C24H31N5O3. The van der Waals surface area contributed by atoms with E-state index >= 15 is 0 Å². The second-order valence-electron chi connectivity index (χ2n) is 10.1. The molecule has 2 aliphatic carbocycles. The topological polar surface area (TPSA) is 90.8 Å². The molecular weight excluding hydrogens is 406 g/mol. The molecule has 3 fully saturated rings. The summed E-state index contributed by atoms with van der Waals surface area (Å²) >= 11 is 0. The number of likely N-dealkylation sites (tertiary alicyclic amines) is 1. The third-order valence-corrected chi connectivity index (χ3v) is 7.90. The van der Waals surface area contributed by atoms with E-state index in [9.17, 15) is 14.4 Å². The molecule has 2 saturated carbocycles. The summed E-state index contributed by atoms with van der Waals surface area (Å²) in [7, 11) is 0. The number of hydrogen-bond acceptors (Lipinski definition) is 4. The minimum absolute atomic E-state index is 0.0979. The Hall–Kier alpha value is -2.64. The monoisotopic (exact) mass is 437 g/mol. The van der Waals surface area contributed by atoms with E-state index in [2.05, 4.69) is 5.10 Å². The van der Waals surface area contributed by atoms with E-state index in [1.807, 2.05) is 15.9 Å². The molecule has 8 heteroatoms. The Labute approximate surface area is 187 Å². The smallest absolute Gasteiger partial charge is 0.277 e. The van der Waals surface area contributed by atoms with Gasteiger partial charge in [0.05, 0.1) is 17.8 Å². The van der Waals surface area contributed by atoms with Gasteiger partial charge in [0.25, 0.3) is 5.56 Å². The van der Waals surface area contributed by atoms with Crippen molar-refractivity contribution in [2.24, 2.45) is 11.8 Å². The summed E-state index contributed by atoms with van der Waals surface area (Å²) in [5.74, 6) is 1.05. The molecule has 0 aromatic carbocycles. The average Bonchev–Trinajstić information content (AvgIpc) is 3.34. The lowest BCUT2D eigenvalue weighted by Gasteiger charge is -2.34. The van der Waals surface area contributed by atoms with Crippen LogP contribution in [0.3, 0.4) is 0 Å². The van der Waals surface area contributed by atoms with Crippen LogP contribution < -0.4 is 5.56 Å². The van der Waals surface area contributed by atoms with Gasteiger partial charge in [-0.3, -0.25) is 19.5 Å². The molecule has 4 aliphatic rings. The quantitative estimate of drug-likeness (QED) is 0.797. The molecule has 170 valence electrons. The van der Waals surface area contributed by atoms with Crippen LogP contribution in [0.1, 0.15) is 74.2 Å². The van der Waals surface area contributed by atoms with Crippen LogP contribution in [-0.2, 0) is 22.6 Å². The number of H-pyrrole nitrogens is 1. The first kappa shape index (κ1) is 20.0. The Balaban J connectivity index is 1.25. The van der Waals surface area contributed by atoms with Gasteiger partial charge in [-0.2, -0.15) is 0 Å².